The number of hydrogen-bond acceptors (Lipinski definition) is 2. The Kier molecular flexibility index (Phi) is 4.57. The molecule has 2 rings (SSSR count). The van der Waals surface area contributed by atoms with Gasteiger partial charge in [-0.2, -0.15) is 5.26 Å². The minimum Gasteiger partial charge on any atom is -0.335 e. The summed E-state index contributed by atoms with van der Waals surface area (Å²) in [6, 6.07) is 10.2. The first-order valence-corrected chi connectivity index (χ1v) is 6.97. The molecule has 0 atom stereocenters. The van der Waals surface area contributed by atoms with Crippen molar-refractivity contribution in [3.05, 3.63) is 35.4 Å². The highest BCUT2D eigenvalue weighted by molar-refractivity contribution is 5.94. The lowest BCUT2D eigenvalue weighted by molar-refractivity contribution is 0.0686. The van der Waals surface area contributed by atoms with Crippen molar-refractivity contribution >= 4 is 5.91 Å². The third-order valence-corrected chi connectivity index (χ3v) is 3.79. The van der Waals surface area contributed by atoms with Crippen molar-refractivity contribution in [3.8, 4) is 6.07 Å². The molecule has 3 nitrogen and oxygen atoms in total. The summed E-state index contributed by atoms with van der Waals surface area (Å²) in [5, 5.41) is 8.76. The molecular weight excluding hydrogens is 236 g/mol. The van der Waals surface area contributed by atoms with Gasteiger partial charge in [0.1, 0.15) is 0 Å². The van der Waals surface area contributed by atoms with Crippen molar-refractivity contribution in [1.29, 1.82) is 5.26 Å². The Morgan fingerprint density at radius 1 is 1.32 bits per heavy atom. The van der Waals surface area contributed by atoms with Gasteiger partial charge >= 0.3 is 0 Å². The molecule has 0 aromatic heterocycles. The molecule has 1 aliphatic rings. The lowest BCUT2D eigenvalue weighted by Gasteiger charge is -2.28. The van der Waals surface area contributed by atoms with Crippen molar-refractivity contribution in [3.63, 3.8) is 0 Å². The van der Waals surface area contributed by atoms with Crippen LogP contribution in [0.15, 0.2) is 24.3 Å². The van der Waals surface area contributed by atoms with Crippen molar-refractivity contribution in [2.24, 2.45) is 0 Å². The second-order valence-electron chi connectivity index (χ2n) is 5.21. The van der Waals surface area contributed by atoms with E-state index >= 15 is 0 Å². The average molecular weight is 256 g/mol. The third-order valence-electron chi connectivity index (χ3n) is 3.79. The SMILES string of the molecule is Cc1ccc(C(=O)N(CCC#N)C2CCCC2)cc1. The van der Waals surface area contributed by atoms with Gasteiger partial charge in [0.25, 0.3) is 5.91 Å². The Hall–Kier alpha value is -1.82. The third kappa shape index (κ3) is 3.35. The Bertz CT molecular complexity index is 467. The van der Waals surface area contributed by atoms with Crippen LogP contribution in [-0.2, 0) is 0 Å². The molecule has 1 aromatic rings. The highest BCUT2D eigenvalue weighted by atomic mass is 16.2. The van der Waals surface area contributed by atoms with Crippen molar-refractivity contribution in [1.82, 2.24) is 4.90 Å². The molecule has 100 valence electrons. The van der Waals surface area contributed by atoms with Gasteiger partial charge < -0.3 is 4.90 Å². The number of rotatable bonds is 4. The highest BCUT2D eigenvalue weighted by Crippen LogP contribution is 2.25. The van der Waals surface area contributed by atoms with E-state index in [9.17, 15) is 4.79 Å². The summed E-state index contributed by atoms with van der Waals surface area (Å²) < 4.78 is 0. The molecule has 1 saturated carbocycles. The van der Waals surface area contributed by atoms with Crippen molar-refractivity contribution in [2.45, 2.75) is 45.1 Å². The Morgan fingerprint density at radius 2 is 1.95 bits per heavy atom. The van der Waals surface area contributed by atoms with Crippen LogP contribution in [0.5, 0.6) is 0 Å². The summed E-state index contributed by atoms with van der Waals surface area (Å²) in [6.07, 6.45) is 4.93. The van der Waals surface area contributed by atoms with Gasteiger partial charge in [0.15, 0.2) is 0 Å². The zero-order valence-electron chi connectivity index (χ0n) is 11.4. The molecule has 1 fully saturated rings. The van der Waals surface area contributed by atoms with Crippen LogP contribution in [0.1, 0.15) is 48.0 Å². The minimum atomic E-state index is 0.0714. The maximum absolute atomic E-state index is 12.6. The minimum absolute atomic E-state index is 0.0714. The summed E-state index contributed by atoms with van der Waals surface area (Å²) >= 11 is 0. The number of carbonyl (C=O) groups excluding carboxylic acids is 1. The normalized spacial score (nSPS) is 15.2. The van der Waals surface area contributed by atoms with Crippen LogP contribution in [-0.4, -0.2) is 23.4 Å². The Labute approximate surface area is 114 Å². The quantitative estimate of drug-likeness (QED) is 0.829. The summed E-state index contributed by atoms with van der Waals surface area (Å²) in [6.45, 7) is 2.56. The van der Waals surface area contributed by atoms with Gasteiger partial charge in [-0.3, -0.25) is 4.79 Å². The van der Waals surface area contributed by atoms with E-state index in [4.69, 9.17) is 5.26 Å². The predicted molar refractivity (Wildman–Crippen MR) is 74.7 cm³/mol. The van der Waals surface area contributed by atoms with Gasteiger partial charge in [-0.15, -0.1) is 0 Å². The van der Waals surface area contributed by atoms with Crippen molar-refractivity contribution < 1.29 is 4.79 Å². The van der Waals surface area contributed by atoms with Crippen LogP contribution < -0.4 is 0 Å². The second kappa shape index (κ2) is 6.38. The van der Waals surface area contributed by atoms with Crippen LogP contribution >= 0.6 is 0 Å². The monoisotopic (exact) mass is 256 g/mol. The summed E-state index contributed by atoms with van der Waals surface area (Å²) in [5.74, 6) is 0.0714. The topological polar surface area (TPSA) is 44.1 Å². The van der Waals surface area contributed by atoms with Gasteiger partial charge in [0.2, 0.25) is 0 Å². The zero-order chi connectivity index (χ0) is 13.7. The molecule has 0 unspecified atom stereocenters. The van der Waals surface area contributed by atoms with Crippen molar-refractivity contribution in [2.75, 3.05) is 6.54 Å². The molecule has 0 bridgehead atoms. The van der Waals surface area contributed by atoms with Crippen LogP contribution in [0.3, 0.4) is 0 Å². The first kappa shape index (κ1) is 13.6. The van der Waals surface area contributed by atoms with Gasteiger partial charge in [-0.1, -0.05) is 30.5 Å². The first-order chi connectivity index (χ1) is 9.22. The number of carbonyl (C=O) groups is 1. The van der Waals surface area contributed by atoms with E-state index in [0.717, 1.165) is 24.0 Å². The number of amides is 1. The van der Waals surface area contributed by atoms with Crippen LogP contribution in [0, 0.1) is 18.3 Å². The number of nitriles is 1. The van der Waals surface area contributed by atoms with Gasteiger partial charge in [-0.25, -0.2) is 0 Å². The maximum Gasteiger partial charge on any atom is 0.254 e. The number of aryl methyl sites for hydroxylation is 1. The molecule has 0 heterocycles. The van der Waals surface area contributed by atoms with E-state index in [1.54, 1.807) is 0 Å². The van der Waals surface area contributed by atoms with E-state index in [2.05, 4.69) is 6.07 Å². The summed E-state index contributed by atoms with van der Waals surface area (Å²) in [4.78, 5) is 14.5. The fraction of sp³-hybridized carbons (Fsp3) is 0.500. The molecule has 0 spiro atoms. The van der Waals surface area contributed by atoms with E-state index in [1.807, 2.05) is 36.1 Å². The van der Waals surface area contributed by atoms with Gasteiger partial charge in [0.05, 0.1) is 12.5 Å². The standard InChI is InChI=1S/C16H20N2O/c1-13-7-9-14(10-8-13)16(19)18(12-4-11-17)15-5-2-3-6-15/h7-10,15H,2-6,12H2,1H3. The zero-order valence-corrected chi connectivity index (χ0v) is 11.4. The summed E-state index contributed by atoms with van der Waals surface area (Å²) in [5.41, 5.74) is 1.89. The molecule has 0 N–H and O–H groups in total. The van der Waals surface area contributed by atoms with Crippen LogP contribution in [0.4, 0.5) is 0 Å². The molecule has 0 aliphatic heterocycles. The van der Waals surface area contributed by atoms with E-state index in [1.165, 1.54) is 12.8 Å². The molecule has 19 heavy (non-hydrogen) atoms. The molecule has 3 heteroatoms. The maximum atomic E-state index is 12.6. The Balaban J connectivity index is 2.14. The van der Waals surface area contributed by atoms with Gasteiger partial charge in [-0.05, 0) is 31.9 Å². The summed E-state index contributed by atoms with van der Waals surface area (Å²) in [7, 11) is 0. The van der Waals surface area contributed by atoms with E-state index in [-0.39, 0.29) is 5.91 Å². The van der Waals surface area contributed by atoms with E-state index in [0.29, 0.717) is 19.0 Å². The second-order valence-corrected chi connectivity index (χ2v) is 5.21. The van der Waals surface area contributed by atoms with Crippen LogP contribution in [0.25, 0.3) is 0 Å². The fourth-order valence-electron chi connectivity index (χ4n) is 2.70. The fourth-order valence-corrected chi connectivity index (χ4v) is 2.70. The largest absolute Gasteiger partial charge is 0.335 e. The number of hydrogen-bond donors (Lipinski definition) is 0. The molecular formula is C16H20N2O. The Morgan fingerprint density at radius 3 is 2.53 bits per heavy atom. The first-order valence-electron chi connectivity index (χ1n) is 6.97. The lowest BCUT2D eigenvalue weighted by Crippen LogP contribution is -2.39. The highest BCUT2D eigenvalue weighted by Gasteiger charge is 2.26. The van der Waals surface area contributed by atoms with E-state index < -0.39 is 0 Å². The molecule has 1 amide bonds. The molecule has 0 saturated heterocycles. The molecule has 1 aliphatic carbocycles. The molecule has 1 aromatic carbocycles. The number of benzene rings is 1. The molecule has 0 radical (unpaired) electrons. The smallest absolute Gasteiger partial charge is 0.254 e. The number of nitrogens with zero attached hydrogens (tertiary/aromatic N) is 2. The van der Waals surface area contributed by atoms with Crippen LogP contribution in [0.2, 0.25) is 0 Å². The lowest BCUT2D eigenvalue weighted by atomic mass is 10.1. The van der Waals surface area contributed by atoms with Gasteiger partial charge in [0, 0.05) is 18.2 Å². The average Bonchev–Trinajstić information content (AvgIpc) is 2.94. The predicted octanol–water partition coefficient (Wildman–Crippen LogP) is 3.29.